The zero-order valence-corrected chi connectivity index (χ0v) is 15.6. The van der Waals surface area contributed by atoms with Crippen molar-refractivity contribution in [2.45, 2.75) is 0 Å². The molecule has 2 N–H and O–H groups in total. The summed E-state index contributed by atoms with van der Waals surface area (Å²) in [6, 6.07) is 20.6. The van der Waals surface area contributed by atoms with Gasteiger partial charge in [-0.2, -0.15) is 0 Å². The minimum atomic E-state index is -0.286. The molecule has 0 saturated heterocycles. The smallest absolute Gasteiger partial charge is 0.255 e. The highest BCUT2D eigenvalue weighted by atomic mass is 16.5. The standard InChI is InChI=1S/C22H20N2O4/c1-27-18-13-11-17(12-14-18)23-21(25)15-7-9-16(10-8-15)22(26)24-19-5-3-4-6-20(19)28-2/h3-14H,1-2H3,(H,23,25)(H,24,26). The molecule has 3 aromatic carbocycles. The Labute approximate surface area is 163 Å². The molecule has 0 aliphatic heterocycles. The van der Waals surface area contributed by atoms with Gasteiger partial charge in [0.2, 0.25) is 0 Å². The number of ether oxygens (including phenoxy) is 2. The third-order valence-electron chi connectivity index (χ3n) is 4.11. The minimum absolute atomic E-state index is 0.262. The third-order valence-corrected chi connectivity index (χ3v) is 4.11. The maximum absolute atomic E-state index is 12.4. The summed E-state index contributed by atoms with van der Waals surface area (Å²) in [6.07, 6.45) is 0. The molecule has 0 fully saturated rings. The van der Waals surface area contributed by atoms with E-state index in [4.69, 9.17) is 9.47 Å². The highest BCUT2D eigenvalue weighted by molar-refractivity contribution is 6.07. The number of para-hydroxylation sites is 2. The van der Waals surface area contributed by atoms with Crippen LogP contribution < -0.4 is 20.1 Å². The molecule has 142 valence electrons. The van der Waals surface area contributed by atoms with E-state index in [0.717, 1.165) is 0 Å². The van der Waals surface area contributed by atoms with Crippen molar-refractivity contribution >= 4 is 23.2 Å². The van der Waals surface area contributed by atoms with Gasteiger partial charge in [-0.05, 0) is 60.7 Å². The number of nitrogens with one attached hydrogen (secondary N) is 2. The first-order valence-electron chi connectivity index (χ1n) is 8.60. The topological polar surface area (TPSA) is 76.7 Å². The first-order valence-corrected chi connectivity index (χ1v) is 8.60. The number of methoxy groups -OCH3 is 2. The second kappa shape index (κ2) is 8.73. The van der Waals surface area contributed by atoms with Crippen molar-refractivity contribution in [1.29, 1.82) is 0 Å². The molecular formula is C22H20N2O4. The summed E-state index contributed by atoms with van der Waals surface area (Å²) in [7, 11) is 3.13. The van der Waals surface area contributed by atoms with Crippen molar-refractivity contribution in [2.24, 2.45) is 0 Å². The summed E-state index contributed by atoms with van der Waals surface area (Å²) in [5.41, 5.74) is 2.12. The van der Waals surface area contributed by atoms with Gasteiger partial charge in [0.25, 0.3) is 11.8 Å². The number of carbonyl (C=O) groups excluding carboxylic acids is 2. The van der Waals surface area contributed by atoms with E-state index in [0.29, 0.717) is 34.0 Å². The van der Waals surface area contributed by atoms with Crippen molar-refractivity contribution in [3.8, 4) is 11.5 Å². The van der Waals surface area contributed by atoms with Gasteiger partial charge in [-0.3, -0.25) is 9.59 Å². The molecule has 28 heavy (non-hydrogen) atoms. The van der Waals surface area contributed by atoms with E-state index in [1.54, 1.807) is 74.9 Å². The van der Waals surface area contributed by atoms with Crippen molar-refractivity contribution in [1.82, 2.24) is 0 Å². The molecule has 0 heterocycles. The van der Waals surface area contributed by atoms with E-state index >= 15 is 0 Å². The molecule has 0 bridgehead atoms. The molecule has 3 rings (SSSR count). The van der Waals surface area contributed by atoms with E-state index in [9.17, 15) is 9.59 Å². The number of amides is 2. The summed E-state index contributed by atoms with van der Waals surface area (Å²) in [4.78, 5) is 24.8. The van der Waals surface area contributed by atoms with Gasteiger partial charge in [0, 0.05) is 16.8 Å². The van der Waals surface area contributed by atoms with Crippen LogP contribution >= 0.6 is 0 Å². The Hall–Kier alpha value is -3.80. The number of hydrogen-bond acceptors (Lipinski definition) is 4. The monoisotopic (exact) mass is 376 g/mol. The average molecular weight is 376 g/mol. The minimum Gasteiger partial charge on any atom is -0.497 e. The number of hydrogen-bond donors (Lipinski definition) is 2. The van der Waals surface area contributed by atoms with Crippen LogP contribution in [-0.2, 0) is 0 Å². The molecule has 0 aliphatic carbocycles. The Morgan fingerprint density at radius 3 is 1.82 bits per heavy atom. The van der Waals surface area contributed by atoms with Gasteiger partial charge in [-0.1, -0.05) is 12.1 Å². The van der Waals surface area contributed by atoms with Gasteiger partial charge in [0.1, 0.15) is 11.5 Å². The molecule has 0 aliphatic rings. The predicted octanol–water partition coefficient (Wildman–Crippen LogP) is 4.21. The van der Waals surface area contributed by atoms with Crippen LogP contribution in [0.4, 0.5) is 11.4 Å². The normalized spacial score (nSPS) is 10.1. The fourth-order valence-electron chi connectivity index (χ4n) is 2.59. The van der Waals surface area contributed by atoms with Crippen LogP contribution in [0, 0.1) is 0 Å². The summed E-state index contributed by atoms with van der Waals surface area (Å²) in [5, 5.41) is 5.60. The number of anilines is 2. The zero-order chi connectivity index (χ0) is 19.9. The Morgan fingerprint density at radius 1 is 0.679 bits per heavy atom. The summed E-state index contributed by atoms with van der Waals surface area (Å²) in [6.45, 7) is 0. The summed E-state index contributed by atoms with van der Waals surface area (Å²) in [5.74, 6) is 0.739. The Balaban J connectivity index is 1.66. The molecular weight excluding hydrogens is 356 g/mol. The maximum Gasteiger partial charge on any atom is 0.255 e. The quantitative estimate of drug-likeness (QED) is 0.676. The molecule has 0 unspecified atom stereocenters. The fourth-order valence-corrected chi connectivity index (χ4v) is 2.59. The van der Waals surface area contributed by atoms with Crippen molar-refractivity contribution < 1.29 is 19.1 Å². The lowest BCUT2D eigenvalue weighted by atomic mass is 10.1. The van der Waals surface area contributed by atoms with E-state index in [1.165, 1.54) is 0 Å². The molecule has 3 aromatic rings. The van der Waals surface area contributed by atoms with E-state index in [-0.39, 0.29) is 11.8 Å². The summed E-state index contributed by atoms with van der Waals surface area (Å²) >= 11 is 0. The molecule has 6 nitrogen and oxygen atoms in total. The molecule has 2 amide bonds. The molecule has 6 heteroatoms. The number of carbonyl (C=O) groups is 2. The molecule has 0 radical (unpaired) electrons. The van der Waals surface area contributed by atoms with Gasteiger partial charge < -0.3 is 20.1 Å². The van der Waals surface area contributed by atoms with Gasteiger partial charge in [0.05, 0.1) is 19.9 Å². The lowest BCUT2D eigenvalue weighted by Crippen LogP contribution is -2.14. The van der Waals surface area contributed by atoms with Gasteiger partial charge in [-0.15, -0.1) is 0 Å². The lowest BCUT2D eigenvalue weighted by molar-refractivity contribution is 0.101. The number of rotatable bonds is 6. The first-order chi connectivity index (χ1) is 13.6. The third kappa shape index (κ3) is 4.48. The maximum atomic E-state index is 12.4. The first kappa shape index (κ1) is 19.0. The molecule has 0 spiro atoms. The Morgan fingerprint density at radius 2 is 1.25 bits per heavy atom. The van der Waals surface area contributed by atoms with Crippen molar-refractivity contribution in [3.63, 3.8) is 0 Å². The van der Waals surface area contributed by atoms with Crippen LogP contribution in [0.3, 0.4) is 0 Å². The van der Waals surface area contributed by atoms with Crippen LogP contribution in [-0.4, -0.2) is 26.0 Å². The van der Waals surface area contributed by atoms with Crippen molar-refractivity contribution in [3.05, 3.63) is 83.9 Å². The van der Waals surface area contributed by atoms with Crippen LogP contribution in [0.5, 0.6) is 11.5 Å². The molecule has 0 aromatic heterocycles. The van der Waals surface area contributed by atoms with Crippen LogP contribution in [0.25, 0.3) is 0 Å². The second-order valence-electron chi connectivity index (χ2n) is 5.91. The second-order valence-corrected chi connectivity index (χ2v) is 5.91. The van der Waals surface area contributed by atoms with Crippen LogP contribution in [0.15, 0.2) is 72.8 Å². The zero-order valence-electron chi connectivity index (χ0n) is 15.6. The van der Waals surface area contributed by atoms with Crippen LogP contribution in [0.1, 0.15) is 20.7 Å². The van der Waals surface area contributed by atoms with E-state index < -0.39 is 0 Å². The highest BCUT2D eigenvalue weighted by Gasteiger charge is 2.11. The molecule has 0 atom stereocenters. The fraction of sp³-hybridized carbons (Fsp3) is 0.0909. The number of benzene rings is 3. The van der Waals surface area contributed by atoms with Crippen LogP contribution in [0.2, 0.25) is 0 Å². The summed E-state index contributed by atoms with van der Waals surface area (Å²) < 4.78 is 10.3. The average Bonchev–Trinajstić information content (AvgIpc) is 2.74. The highest BCUT2D eigenvalue weighted by Crippen LogP contribution is 2.23. The predicted molar refractivity (Wildman–Crippen MR) is 108 cm³/mol. The lowest BCUT2D eigenvalue weighted by Gasteiger charge is -2.10. The molecule has 0 saturated carbocycles. The van der Waals surface area contributed by atoms with Crippen molar-refractivity contribution in [2.75, 3.05) is 24.9 Å². The Bertz CT molecular complexity index is 967. The SMILES string of the molecule is COc1ccc(NC(=O)c2ccc(C(=O)Nc3ccccc3OC)cc2)cc1. The van der Waals surface area contributed by atoms with E-state index in [1.807, 2.05) is 12.1 Å². The Kier molecular flexibility index (Phi) is 5.91. The van der Waals surface area contributed by atoms with E-state index in [2.05, 4.69) is 10.6 Å². The van der Waals surface area contributed by atoms with Gasteiger partial charge >= 0.3 is 0 Å². The largest absolute Gasteiger partial charge is 0.497 e. The van der Waals surface area contributed by atoms with Gasteiger partial charge in [-0.25, -0.2) is 0 Å². The van der Waals surface area contributed by atoms with Gasteiger partial charge in [0.15, 0.2) is 0 Å².